The van der Waals surface area contributed by atoms with Crippen LogP contribution in [-0.4, -0.2) is 220 Å². The van der Waals surface area contributed by atoms with E-state index < -0.39 is 144 Å². The molecule has 15 N–H and O–H groups in total. The lowest BCUT2D eigenvalue weighted by atomic mass is 9.99. The van der Waals surface area contributed by atoms with Crippen molar-refractivity contribution in [2.45, 2.75) is 211 Å². The second kappa shape index (κ2) is 47.5. The standard InChI is InChI=1S/C81H112ClN17O15/c1-49(2)41-64(75(108)93-63(27-14-15-36-85-50(3)4)81(114)99-40-20-28-69(99)80(113)89-51(5)71(83)104)94-74(107)62(26-13-18-39-88-72(105)60-24-11-16-37-86-60)91-73(106)61(25-12-17-38-87-70(103)47-98(8)53(7)102)92-79(112)68(48-100)97-78(111)67(45-56-21-19-35-84-46-56)96-77(110)66(43-54-30-33-59(82)34-31-54)95-76(109)65(90-52(6)101)44-55-29-32-57-22-9-10-23-58(57)42-55/h9-11,16,19,21-24,29-35,37,42,46,49-51,61-69,85,100H,12-15,17-18,20,25-28,36,38-41,43-45,47-48H2,1-8H3,(H2,83,104)(H,87,103)(H,88,105)(H,89,113)(H,90,101)(H,91,106)(H,92,112)(H,93,108)(H,94,107)(H,95,109)(H,96,110)(H,97,111)/t51-,61+,62-,63+,64+,65-,66-,67-,68+,69+/m1/s1. The molecule has 0 radical (unpaired) electrons. The first-order valence-electron chi connectivity index (χ1n) is 38.8. The van der Waals surface area contributed by atoms with Crippen molar-refractivity contribution in [3.8, 4) is 0 Å². The number of nitrogens with one attached hydrogen (secondary N) is 12. The van der Waals surface area contributed by atoms with E-state index in [4.69, 9.17) is 17.3 Å². The number of aliphatic hydroxyl groups excluding tert-OH is 1. The van der Waals surface area contributed by atoms with Gasteiger partial charge in [-0.05, 0) is 154 Å². The van der Waals surface area contributed by atoms with E-state index in [-0.39, 0.29) is 127 Å². The molecule has 0 unspecified atom stereocenters. The lowest BCUT2D eigenvalue weighted by molar-refractivity contribution is -0.142. The van der Waals surface area contributed by atoms with Crippen molar-refractivity contribution in [3.63, 3.8) is 0 Å². The normalized spacial score (nSPS) is 14.9. The maximum absolute atomic E-state index is 15.2. The Bertz CT molecular complexity index is 4070. The molecule has 6 rings (SSSR count). The number of nitrogens with zero attached hydrogens (tertiary/aromatic N) is 4. The second-order valence-corrected chi connectivity index (χ2v) is 29.8. The number of benzene rings is 3. The predicted octanol–water partition coefficient (Wildman–Crippen LogP) is 1.76. The minimum atomic E-state index is -1.85. The Morgan fingerprint density at radius 3 is 1.63 bits per heavy atom. The summed E-state index contributed by atoms with van der Waals surface area (Å²) < 4.78 is 0. The van der Waals surface area contributed by atoms with Crippen LogP contribution in [0.4, 0.5) is 0 Å². The number of hydrogen-bond donors (Lipinski definition) is 14. The van der Waals surface area contributed by atoms with E-state index in [0.717, 1.165) is 10.8 Å². The maximum atomic E-state index is 15.2. The quantitative estimate of drug-likeness (QED) is 0.0247. The van der Waals surface area contributed by atoms with Crippen molar-refractivity contribution in [1.29, 1.82) is 0 Å². The Morgan fingerprint density at radius 2 is 1.06 bits per heavy atom. The van der Waals surface area contributed by atoms with Crippen molar-refractivity contribution in [2.24, 2.45) is 11.7 Å². The molecule has 5 aromatic rings. The van der Waals surface area contributed by atoms with E-state index in [1.807, 2.05) is 70.2 Å². The Balaban J connectivity index is 1.29. The Kier molecular flexibility index (Phi) is 38.3. The fourth-order valence-corrected chi connectivity index (χ4v) is 12.9. The van der Waals surface area contributed by atoms with Gasteiger partial charge in [-0.1, -0.05) is 106 Å². The fourth-order valence-electron chi connectivity index (χ4n) is 12.8. The summed E-state index contributed by atoms with van der Waals surface area (Å²) in [6, 6.07) is 14.2. The molecule has 1 aliphatic rings. The lowest BCUT2D eigenvalue weighted by Crippen LogP contribution is -2.61. The number of unbranched alkanes of at least 4 members (excludes halogenated alkanes) is 3. The van der Waals surface area contributed by atoms with Gasteiger partial charge in [-0.15, -0.1) is 0 Å². The van der Waals surface area contributed by atoms with Gasteiger partial charge in [0.15, 0.2) is 0 Å². The van der Waals surface area contributed by atoms with Gasteiger partial charge >= 0.3 is 0 Å². The molecule has 1 fully saturated rings. The third kappa shape index (κ3) is 31.5. The van der Waals surface area contributed by atoms with Gasteiger partial charge in [0.25, 0.3) is 5.91 Å². The van der Waals surface area contributed by atoms with E-state index in [0.29, 0.717) is 47.5 Å². The number of likely N-dealkylation sites (tertiary alicyclic amines) is 1. The highest BCUT2D eigenvalue weighted by Crippen LogP contribution is 2.23. The number of aliphatic hydroxyl groups is 1. The average Bonchev–Trinajstić information content (AvgIpc) is 1.56. The number of amides is 14. The van der Waals surface area contributed by atoms with Gasteiger partial charge in [0.05, 0.1) is 13.2 Å². The van der Waals surface area contributed by atoms with E-state index in [2.05, 4.69) is 73.8 Å². The van der Waals surface area contributed by atoms with E-state index in [1.54, 1.807) is 48.5 Å². The monoisotopic (exact) mass is 1600 g/mol. The number of halogens is 1. The molecule has 0 bridgehead atoms. The Hall–Kier alpha value is -11.0. The van der Waals surface area contributed by atoms with E-state index in [9.17, 15) is 62.6 Å². The Labute approximate surface area is 670 Å². The van der Waals surface area contributed by atoms with Gasteiger partial charge in [0.1, 0.15) is 66.1 Å². The number of rotatable bonds is 47. The van der Waals surface area contributed by atoms with Gasteiger partial charge < -0.3 is 84.4 Å². The minimum absolute atomic E-state index is 0.0201. The first kappa shape index (κ1) is 91.9. The summed E-state index contributed by atoms with van der Waals surface area (Å²) in [7, 11) is 1.45. The number of primary amides is 1. The summed E-state index contributed by atoms with van der Waals surface area (Å²) in [5.41, 5.74) is 7.28. The van der Waals surface area contributed by atoms with Crippen LogP contribution in [0.5, 0.6) is 0 Å². The van der Waals surface area contributed by atoms with Gasteiger partial charge in [-0.2, -0.15) is 0 Å². The molecule has 0 spiro atoms. The zero-order valence-corrected chi connectivity index (χ0v) is 66.9. The van der Waals surface area contributed by atoms with E-state index in [1.165, 1.54) is 62.3 Å². The molecule has 14 amide bonds. The molecule has 0 aliphatic carbocycles. The van der Waals surface area contributed by atoms with Crippen LogP contribution >= 0.6 is 11.6 Å². The molecule has 1 aliphatic heterocycles. The van der Waals surface area contributed by atoms with Gasteiger partial charge in [0.2, 0.25) is 76.8 Å². The Morgan fingerprint density at radius 1 is 0.544 bits per heavy atom. The first-order chi connectivity index (χ1) is 54.4. The molecule has 0 saturated carbocycles. The van der Waals surface area contributed by atoms with Crippen molar-refractivity contribution < 1.29 is 72.2 Å². The molecule has 3 aromatic carbocycles. The SMILES string of the molecule is CC(=O)N[C@H](Cc1ccc2ccccc2c1)C(=O)N[C@H](Cc1ccc(Cl)cc1)C(=O)N[C@H](Cc1cccnc1)C(=O)N[C@@H](CO)C(=O)N[C@@H](CCCCNC(=O)CN(C)C(C)=O)C(=O)N[C@H](CCCCNC(=O)c1ccccn1)C(=O)N[C@@H](CC(C)C)C(=O)N[C@@H](CCCCNC(C)C)C(=O)N1CCC[C@H]1C(=O)N[C@H](C)C(N)=O. The van der Waals surface area contributed by atoms with Crippen LogP contribution in [0, 0.1) is 5.92 Å². The van der Waals surface area contributed by atoms with Gasteiger partial charge in [-0.25, -0.2) is 0 Å². The summed E-state index contributed by atoms with van der Waals surface area (Å²) in [5.74, 6) is -10.3. The number of aromatic nitrogens is 2. The highest BCUT2D eigenvalue weighted by Gasteiger charge is 2.40. The molecule has 33 heteroatoms. The predicted molar refractivity (Wildman–Crippen MR) is 428 cm³/mol. The van der Waals surface area contributed by atoms with Gasteiger partial charge in [-0.3, -0.25) is 77.1 Å². The third-order valence-electron chi connectivity index (χ3n) is 19.1. The van der Waals surface area contributed by atoms with Crippen LogP contribution in [0.3, 0.4) is 0 Å². The average molecular weight is 1600 g/mol. The van der Waals surface area contributed by atoms with Crippen molar-refractivity contribution in [3.05, 3.63) is 143 Å². The molecule has 10 atom stereocenters. The largest absolute Gasteiger partial charge is 0.394 e. The number of fused-ring (bicyclic) bond motifs is 1. The van der Waals surface area contributed by atoms with Gasteiger partial charge in [0, 0.05) is 89.4 Å². The van der Waals surface area contributed by atoms with Crippen LogP contribution in [0.15, 0.2) is 116 Å². The highest BCUT2D eigenvalue weighted by atomic mass is 35.5. The molecular weight excluding hydrogens is 1490 g/mol. The maximum Gasteiger partial charge on any atom is 0.269 e. The lowest BCUT2D eigenvalue weighted by Gasteiger charge is -2.31. The van der Waals surface area contributed by atoms with Crippen LogP contribution in [0.2, 0.25) is 5.02 Å². The number of hydrogen-bond acceptors (Lipinski definition) is 18. The topological polar surface area (TPSA) is 462 Å². The van der Waals surface area contributed by atoms with Crippen molar-refractivity contribution in [2.75, 3.05) is 46.4 Å². The molecule has 618 valence electrons. The zero-order valence-electron chi connectivity index (χ0n) is 66.2. The minimum Gasteiger partial charge on any atom is -0.394 e. The molecule has 3 heterocycles. The summed E-state index contributed by atoms with van der Waals surface area (Å²) >= 11 is 6.26. The fraction of sp³-hybridized carbons (Fsp3) is 0.506. The van der Waals surface area contributed by atoms with Crippen molar-refractivity contribution >= 4 is 105 Å². The van der Waals surface area contributed by atoms with Crippen LogP contribution in [-0.2, 0) is 81.6 Å². The number of likely N-dealkylation sites (N-methyl/N-ethyl adjacent to an activating group) is 1. The first-order valence-corrected chi connectivity index (χ1v) is 39.2. The van der Waals surface area contributed by atoms with Crippen molar-refractivity contribution in [1.82, 2.24) is 83.6 Å². The zero-order chi connectivity index (χ0) is 83.4. The molecule has 32 nitrogen and oxygen atoms in total. The molecule has 1 saturated heterocycles. The smallest absolute Gasteiger partial charge is 0.269 e. The third-order valence-corrected chi connectivity index (χ3v) is 19.4. The van der Waals surface area contributed by atoms with Crippen LogP contribution in [0.25, 0.3) is 10.8 Å². The summed E-state index contributed by atoms with van der Waals surface area (Å²) in [6.45, 7) is 11.1. The summed E-state index contributed by atoms with van der Waals surface area (Å²) in [4.78, 5) is 206. The number of carbonyl (C=O) groups excluding carboxylic acids is 14. The number of pyridine rings is 2. The summed E-state index contributed by atoms with van der Waals surface area (Å²) in [5, 5.41) is 46.5. The number of carbonyl (C=O) groups is 14. The molecular formula is C81H112ClN17O15. The van der Waals surface area contributed by atoms with Crippen LogP contribution < -0.4 is 69.5 Å². The molecule has 2 aromatic heterocycles. The van der Waals surface area contributed by atoms with Crippen LogP contribution in [0.1, 0.15) is 153 Å². The van der Waals surface area contributed by atoms with E-state index >= 15 is 9.59 Å². The molecule has 114 heavy (non-hydrogen) atoms. The summed E-state index contributed by atoms with van der Waals surface area (Å²) in [6.07, 6.45) is 6.31. The number of nitrogens with two attached hydrogens (primary N) is 1. The second-order valence-electron chi connectivity index (χ2n) is 29.4. The highest BCUT2D eigenvalue weighted by molar-refractivity contribution is 6.30.